The van der Waals surface area contributed by atoms with Crippen LogP contribution >= 0.6 is 0 Å². The average molecular weight is 284 g/mol. The Hall–Kier alpha value is -0.830. The summed E-state index contributed by atoms with van der Waals surface area (Å²) in [5, 5.41) is 0. The smallest absolute Gasteiger partial charge is 0.333 e. The minimum atomic E-state index is -0.277. The van der Waals surface area contributed by atoms with Crippen molar-refractivity contribution >= 4 is 5.97 Å². The monoisotopic (exact) mass is 284 g/mol. The van der Waals surface area contributed by atoms with E-state index in [0.717, 1.165) is 17.6 Å². The first-order valence-electron chi connectivity index (χ1n) is 8.03. The number of quaternary nitrogens is 1. The molecule has 0 bridgehead atoms. The van der Waals surface area contributed by atoms with Crippen molar-refractivity contribution in [1.82, 2.24) is 0 Å². The largest absolute Gasteiger partial charge is 0.456 e. The summed E-state index contributed by atoms with van der Waals surface area (Å²) < 4.78 is 6.07. The second-order valence-electron chi connectivity index (χ2n) is 6.42. The van der Waals surface area contributed by atoms with E-state index in [1.807, 2.05) is 0 Å². The van der Waals surface area contributed by atoms with Crippen molar-refractivity contribution in [2.45, 2.75) is 58.8 Å². The van der Waals surface area contributed by atoms with E-state index < -0.39 is 0 Å². The fraction of sp³-hybridized carbons (Fsp3) is 0.824. The third-order valence-electron chi connectivity index (χ3n) is 3.65. The van der Waals surface area contributed by atoms with Crippen LogP contribution in [-0.4, -0.2) is 44.2 Å². The van der Waals surface area contributed by atoms with Crippen molar-refractivity contribution < 1.29 is 14.0 Å². The molecule has 0 atom stereocenters. The first kappa shape index (κ1) is 19.2. The summed E-state index contributed by atoms with van der Waals surface area (Å²) in [7, 11) is 4.40. The predicted molar refractivity (Wildman–Crippen MR) is 85.6 cm³/mol. The molecule has 0 N–H and O–H groups in total. The van der Waals surface area contributed by atoms with Crippen LogP contribution in [0.5, 0.6) is 0 Å². The van der Waals surface area contributed by atoms with E-state index in [1.54, 1.807) is 6.92 Å². The van der Waals surface area contributed by atoms with Crippen molar-refractivity contribution in [3.63, 3.8) is 0 Å². The molecule has 0 aromatic carbocycles. The Labute approximate surface area is 125 Å². The van der Waals surface area contributed by atoms with Crippen molar-refractivity contribution in [3.8, 4) is 0 Å². The number of hydrogen-bond acceptors (Lipinski definition) is 2. The summed E-state index contributed by atoms with van der Waals surface area (Å²) in [6, 6.07) is 0. The fourth-order valence-electron chi connectivity index (χ4n) is 2.12. The van der Waals surface area contributed by atoms with Crippen LogP contribution in [0.1, 0.15) is 58.8 Å². The molecular weight excluding hydrogens is 250 g/mol. The summed E-state index contributed by atoms with van der Waals surface area (Å²) >= 11 is 0. The standard InChI is InChI=1S/C17H34NO2/c1-6-7-8-9-10-11-12-13-18(4,5)14-15-20-17(19)16(2)3/h2,6-15H2,1,3-5H3/q+1. The quantitative estimate of drug-likeness (QED) is 0.235. The first-order chi connectivity index (χ1) is 9.39. The predicted octanol–water partition coefficient (Wildman–Crippen LogP) is 3.93. The summed E-state index contributed by atoms with van der Waals surface area (Å²) in [6.07, 6.45) is 9.36. The van der Waals surface area contributed by atoms with Crippen molar-refractivity contribution in [3.05, 3.63) is 12.2 Å². The molecule has 0 aliphatic rings. The van der Waals surface area contributed by atoms with Crippen LogP contribution < -0.4 is 0 Å². The third kappa shape index (κ3) is 11.0. The van der Waals surface area contributed by atoms with Crippen LogP contribution in [0.15, 0.2) is 12.2 Å². The number of hydrogen-bond donors (Lipinski definition) is 0. The number of unbranched alkanes of at least 4 members (excludes halogenated alkanes) is 6. The first-order valence-corrected chi connectivity index (χ1v) is 8.03. The van der Waals surface area contributed by atoms with Gasteiger partial charge in [-0.1, -0.05) is 45.6 Å². The molecule has 0 saturated carbocycles. The molecule has 3 nitrogen and oxygen atoms in total. The highest BCUT2D eigenvalue weighted by Crippen LogP contribution is 2.09. The van der Waals surface area contributed by atoms with Gasteiger partial charge >= 0.3 is 5.97 Å². The lowest BCUT2D eigenvalue weighted by Crippen LogP contribution is -2.43. The van der Waals surface area contributed by atoms with E-state index in [2.05, 4.69) is 27.6 Å². The van der Waals surface area contributed by atoms with Gasteiger partial charge in [-0.25, -0.2) is 4.79 Å². The van der Waals surface area contributed by atoms with E-state index in [-0.39, 0.29) is 5.97 Å². The molecule has 3 heteroatoms. The van der Waals surface area contributed by atoms with Gasteiger partial charge in [0, 0.05) is 5.57 Å². The molecule has 0 rings (SSSR count). The Morgan fingerprint density at radius 3 is 2.10 bits per heavy atom. The average Bonchev–Trinajstić information content (AvgIpc) is 2.37. The van der Waals surface area contributed by atoms with E-state index in [9.17, 15) is 4.79 Å². The molecule has 0 heterocycles. The highest BCUT2D eigenvalue weighted by atomic mass is 16.5. The zero-order valence-corrected chi connectivity index (χ0v) is 14.0. The Morgan fingerprint density at radius 2 is 1.55 bits per heavy atom. The summed E-state index contributed by atoms with van der Waals surface area (Å²) in [5.74, 6) is -0.277. The lowest BCUT2D eigenvalue weighted by atomic mass is 10.1. The summed E-state index contributed by atoms with van der Waals surface area (Å²) in [4.78, 5) is 11.3. The number of rotatable bonds is 12. The van der Waals surface area contributed by atoms with Gasteiger partial charge in [0.15, 0.2) is 0 Å². The molecule has 0 fully saturated rings. The molecule has 0 aliphatic heterocycles. The molecule has 0 aromatic heterocycles. The SMILES string of the molecule is C=C(C)C(=O)OCC[N+](C)(C)CCCCCCCCC. The molecule has 0 saturated heterocycles. The third-order valence-corrected chi connectivity index (χ3v) is 3.65. The lowest BCUT2D eigenvalue weighted by molar-refractivity contribution is -0.890. The molecule has 0 radical (unpaired) electrons. The highest BCUT2D eigenvalue weighted by Gasteiger charge is 2.15. The van der Waals surface area contributed by atoms with Crippen molar-refractivity contribution in [1.29, 1.82) is 0 Å². The van der Waals surface area contributed by atoms with Crippen molar-refractivity contribution in [2.75, 3.05) is 33.8 Å². The van der Waals surface area contributed by atoms with Crippen LogP contribution in [0.4, 0.5) is 0 Å². The van der Waals surface area contributed by atoms with Crippen molar-refractivity contribution in [2.24, 2.45) is 0 Å². The van der Waals surface area contributed by atoms with Gasteiger partial charge in [0.05, 0.1) is 20.6 Å². The van der Waals surface area contributed by atoms with Gasteiger partial charge in [-0.3, -0.25) is 0 Å². The van der Waals surface area contributed by atoms with E-state index in [0.29, 0.717) is 12.2 Å². The summed E-state index contributed by atoms with van der Waals surface area (Å²) in [5.41, 5.74) is 0.474. The minimum absolute atomic E-state index is 0.277. The number of nitrogens with zero attached hydrogens (tertiary/aromatic N) is 1. The zero-order valence-electron chi connectivity index (χ0n) is 14.0. The maximum Gasteiger partial charge on any atom is 0.333 e. The van der Waals surface area contributed by atoms with Crippen LogP contribution in [0.3, 0.4) is 0 Å². The van der Waals surface area contributed by atoms with Gasteiger partial charge in [-0.15, -0.1) is 0 Å². The molecule has 0 aromatic rings. The molecular formula is C17H34NO2+. The Balaban J connectivity index is 3.58. The van der Waals surface area contributed by atoms with Gasteiger partial charge in [-0.05, 0) is 19.8 Å². The maximum absolute atomic E-state index is 11.3. The van der Waals surface area contributed by atoms with Gasteiger partial charge < -0.3 is 9.22 Å². The van der Waals surface area contributed by atoms with Gasteiger partial charge in [0.2, 0.25) is 0 Å². The van der Waals surface area contributed by atoms with E-state index in [4.69, 9.17) is 4.74 Å². The maximum atomic E-state index is 11.3. The Morgan fingerprint density at radius 1 is 1.00 bits per heavy atom. The van der Waals surface area contributed by atoms with Crippen LogP contribution in [0, 0.1) is 0 Å². The van der Waals surface area contributed by atoms with Crippen LogP contribution in [0.25, 0.3) is 0 Å². The Bertz CT molecular complexity index is 285. The second kappa shape index (κ2) is 10.9. The molecule has 0 spiro atoms. The Kier molecular flexibility index (Phi) is 10.4. The van der Waals surface area contributed by atoms with Crippen LogP contribution in [-0.2, 0) is 9.53 Å². The molecule has 0 aliphatic carbocycles. The topological polar surface area (TPSA) is 26.3 Å². The lowest BCUT2D eigenvalue weighted by Gasteiger charge is -2.29. The number of carbonyl (C=O) groups excluding carboxylic acids is 1. The number of carbonyl (C=O) groups is 1. The number of likely N-dealkylation sites (N-methyl/N-ethyl adjacent to an activating group) is 1. The second-order valence-corrected chi connectivity index (χ2v) is 6.42. The molecule has 20 heavy (non-hydrogen) atoms. The van der Waals surface area contributed by atoms with Crippen LogP contribution in [0.2, 0.25) is 0 Å². The molecule has 0 amide bonds. The van der Waals surface area contributed by atoms with E-state index in [1.165, 1.54) is 44.9 Å². The summed E-state index contributed by atoms with van der Waals surface area (Å²) in [6.45, 7) is 10.0. The molecule has 118 valence electrons. The van der Waals surface area contributed by atoms with Gasteiger partial charge in [0.1, 0.15) is 13.2 Å². The normalized spacial score (nSPS) is 11.4. The highest BCUT2D eigenvalue weighted by molar-refractivity contribution is 5.86. The van der Waals surface area contributed by atoms with Gasteiger partial charge in [0.25, 0.3) is 0 Å². The van der Waals surface area contributed by atoms with Gasteiger partial charge in [-0.2, -0.15) is 0 Å². The fourth-order valence-corrected chi connectivity index (χ4v) is 2.12. The zero-order chi connectivity index (χ0) is 15.4. The number of esters is 1. The minimum Gasteiger partial charge on any atom is -0.456 e. The molecule has 0 unspecified atom stereocenters. The number of ether oxygens (including phenoxy) is 1. The van der Waals surface area contributed by atoms with E-state index >= 15 is 0 Å².